The number of carbonyl (C=O) groups excluding carboxylic acids is 2. The maximum Gasteiger partial charge on any atom is 0.258 e. The summed E-state index contributed by atoms with van der Waals surface area (Å²) in [6.45, 7) is 2.15. The second kappa shape index (κ2) is 8.33. The van der Waals surface area contributed by atoms with E-state index in [2.05, 4.69) is 20.6 Å². The molecule has 0 unspecified atom stereocenters. The van der Waals surface area contributed by atoms with Crippen LogP contribution in [0.3, 0.4) is 0 Å². The van der Waals surface area contributed by atoms with Crippen molar-refractivity contribution < 1.29 is 19.1 Å². The van der Waals surface area contributed by atoms with Gasteiger partial charge in [-0.25, -0.2) is 0 Å². The lowest BCUT2D eigenvalue weighted by molar-refractivity contribution is -0.123. The van der Waals surface area contributed by atoms with E-state index < -0.39 is 23.3 Å². The minimum Gasteiger partial charge on any atom is -0.495 e. The third-order valence-corrected chi connectivity index (χ3v) is 5.22. The fraction of sp³-hybridized carbons (Fsp3) is 0.368. The summed E-state index contributed by atoms with van der Waals surface area (Å²) in [4.78, 5) is 47.1. The molecule has 0 saturated carbocycles. The molecule has 4 rings (SSSR count). The molecular weight excluding hydrogens is 414 g/mol. The molecule has 0 radical (unpaired) electrons. The molecule has 1 fully saturated rings. The lowest BCUT2D eigenvalue weighted by Gasteiger charge is -2.29. The van der Waals surface area contributed by atoms with Gasteiger partial charge in [-0.05, 0) is 18.2 Å². The zero-order valence-corrected chi connectivity index (χ0v) is 16.9. The van der Waals surface area contributed by atoms with Gasteiger partial charge in [0.2, 0.25) is 17.8 Å². The van der Waals surface area contributed by atoms with Gasteiger partial charge in [-0.1, -0.05) is 11.6 Å². The second-order valence-electron chi connectivity index (χ2n) is 6.89. The summed E-state index contributed by atoms with van der Waals surface area (Å²) in [5.41, 5.74) is -0.0124. The van der Waals surface area contributed by atoms with Crippen LogP contribution >= 0.6 is 11.6 Å². The van der Waals surface area contributed by atoms with E-state index in [0.29, 0.717) is 48.7 Å². The van der Waals surface area contributed by atoms with Gasteiger partial charge in [-0.2, -0.15) is 4.98 Å². The van der Waals surface area contributed by atoms with Crippen molar-refractivity contribution in [2.45, 2.75) is 12.3 Å². The first-order chi connectivity index (χ1) is 14.5. The van der Waals surface area contributed by atoms with Crippen LogP contribution in [0.15, 0.2) is 23.0 Å². The number of hydrogen-bond donors (Lipinski definition) is 3. The number of morpholine rings is 1. The van der Waals surface area contributed by atoms with E-state index in [-0.39, 0.29) is 17.8 Å². The van der Waals surface area contributed by atoms with Crippen LogP contribution in [-0.2, 0) is 14.3 Å². The first-order valence-electron chi connectivity index (χ1n) is 9.37. The Hall–Kier alpha value is -3.11. The van der Waals surface area contributed by atoms with E-state index in [0.717, 1.165) is 0 Å². The zero-order valence-electron chi connectivity index (χ0n) is 16.2. The van der Waals surface area contributed by atoms with Gasteiger partial charge >= 0.3 is 0 Å². The Morgan fingerprint density at radius 1 is 1.33 bits per heavy atom. The van der Waals surface area contributed by atoms with Gasteiger partial charge in [0.15, 0.2) is 0 Å². The van der Waals surface area contributed by atoms with E-state index in [1.165, 1.54) is 13.2 Å². The number of methoxy groups -OCH3 is 1. The van der Waals surface area contributed by atoms with Crippen LogP contribution in [0.5, 0.6) is 5.75 Å². The number of nitrogens with one attached hydrogen (secondary N) is 3. The molecule has 1 aromatic carbocycles. The third kappa shape index (κ3) is 3.96. The van der Waals surface area contributed by atoms with Crippen LogP contribution in [0.4, 0.5) is 17.5 Å². The average Bonchev–Trinajstić information content (AvgIpc) is 2.73. The Kier molecular flexibility index (Phi) is 5.60. The van der Waals surface area contributed by atoms with Crippen LogP contribution in [0.1, 0.15) is 17.9 Å². The molecule has 1 atom stereocenters. The molecule has 0 aliphatic carbocycles. The van der Waals surface area contributed by atoms with E-state index in [1.54, 1.807) is 12.1 Å². The molecule has 2 amide bonds. The van der Waals surface area contributed by atoms with Crippen LogP contribution in [0.25, 0.3) is 0 Å². The summed E-state index contributed by atoms with van der Waals surface area (Å²) in [5.74, 6) is -1.10. The van der Waals surface area contributed by atoms with Crippen LogP contribution < -0.4 is 25.8 Å². The van der Waals surface area contributed by atoms with Gasteiger partial charge in [-0.3, -0.25) is 19.4 Å². The fourth-order valence-corrected chi connectivity index (χ4v) is 3.68. The first-order valence-corrected chi connectivity index (χ1v) is 9.75. The maximum absolute atomic E-state index is 13.0. The highest BCUT2D eigenvalue weighted by Gasteiger charge is 2.35. The van der Waals surface area contributed by atoms with Crippen LogP contribution in [0.2, 0.25) is 5.02 Å². The summed E-state index contributed by atoms with van der Waals surface area (Å²) < 4.78 is 10.5. The van der Waals surface area contributed by atoms with E-state index in [9.17, 15) is 14.4 Å². The highest BCUT2D eigenvalue weighted by atomic mass is 35.5. The summed E-state index contributed by atoms with van der Waals surface area (Å²) in [6.07, 6.45) is -0.177. The monoisotopic (exact) mass is 433 g/mol. The van der Waals surface area contributed by atoms with Crippen molar-refractivity contribution in [1.82, 2.24) is 9.97 Å². The lowest BCUT2D eigenvalue weighted by Crippen LogP contribution is -2.41. The number of nitrogens with zero attached hydrogens (tertiary/aromatic N) is 2. The summed E-state index contributed by atoms with van der Waals surface area (Å²) in [5, 5.41) is 5.71. The number of amides is 2. The van der Waals surface area contributed by atoms with Crippen molar-refractivity contribution in [2.75, 3.05) is 48.9 Å². The number of hydrogen-bond acceptors (Lipinski definition) is 7. The molecule has 2 aliphatic rings. The number of ether oxygens (including phenoxy) is 2. The molecular formula is C19H20ClN5O5. The highest BCUT2D eigenvalue weighted by Crippen LogP contribution is 2.33. The largest absolute Gasteiger partial charge is 0.495 e. The van der Waals surface area contributed by atoms with Gasteiger partial charge in [0.05, 0.1) is 37.5 Å². The highest BCUT2D eigenvalue weighted by molar-refractivity contribution is 6.31. The number of carbonyl (C=O) groups is 2. The molecule has 1 aromatic heterocycles. The van der Waals surface area contributed by atoms with Crippen LogP contribution in [-0.4, -0.2) is 55.2 Å². The molecule has 2 aliphatic heterocycles. The number of benzene rings is 1. The van der Waals surface area contributed by atoms with E-state index in [1.807, 2.05) is 4.90 Å². The van der Waals surface area contributed by atoms with Crippen molar-refractivity contribution in [3.63, 3.8) is 0 Å². The molecule has 11 heteroatoms. The van der Waals surface area contributed by atoms with Gasteiger partial charge in [0, 0.05) is 24.5 Å². The minimum absolute atomic E-state index is 0.0923. The fourth-order valence-electron chi connectivity index (χ4n) is 3.51. The Morgan fingerprint density at radius 3 is 2.83 bits per heavy atom. The number of fused-ring (bicyclic) bond motifs is 1. The Balaban J connectivity index is 1.66. The molecule has 30 heavy (non-hydrogen) atoms. The average molecular weight is 434 g/mol. The summed E-state index contributed by atoms with van der Waals surface area (Å²) in [6, 6.07) is 4.77. The van der Waals surface area contributed by atoms with Crippen molar-refractivity contribution >= 4 is 40.9 Å². The van der Waals surface area contributed by atoms with Crippen LogP contribution in [0, 0.1) is 0 Å². The quantitative estimate of drug-likeness (QED) is 0.664. The second-order valence-corrected chi connectivity index (χ2v) is 7.33. The Bertz CT molecular complexity index is 1050. The van der Waals surface area contributed by atoms with Crippen molar-refractivity contribution in [3.8, 4) is 5.75 Å². The third-order valence-electron chi connectivity index (χ3n) is 4.99. The number of rotatable bonds is 4. The van der Waals surface area contributed by atoms with Gasteiger partial charge in [0.1, 0.15) is 11.6 Å². The summed E-state index contributed by atoms with van der Waals surface area (Å²) >= 11 is 6.01. The van der Waals surface area contributed by atoms with E-state index in [4.69, 9.17) is 21.1 Å². The predicted octanol–water partition coefficient (Wildman–Crippen LogP) is 1.33. The smallest absolute Gasteiger partial charge is 0.258 e. The molecule has 3 N–H and O–H groups in total. The van der Waals surface area contributed by atoms with Gasteiger partial charge in [-0.15, -0.1) is 0 Å². The normalized spacial score (nSPS) is 18.4. The topological polar surface area (TPSA) is 126 Å². The Labute approximate surface area is 176 Å². The Morgan fingerprint density at radius 2 is 2.10 bits per heavy atom. The van der Waals surface area contributed by atoms with Crippen molar-refractivity contribution in [3.05, 3.63) is 39.1 Å². The number of aromatic amines is 1. The number of aromatic nitrogens is 2. The van der Waals surface area contributed by atoms with Crippen molar-refractivity contribution in [2.24, 2.45) is 0 Å². The van der Waals surface area contributed by atoms with Gasteiger partial charge < -0.3 is 25.0 Å². The number of anilines is 3. The van der Waals surface area contributed by atoms with E-state index >= 15 is 0 Å². The SMILES string of the molecule is COc1ccc(Cl)cc1NC(=O)[C@H]1CC(=O)Nc2nc(N3CCOCC3)[nH]c(=O)c21. The maximum atomic E-state index is 13.0. The molecule has 10 nitrogen and oxygen atoms in total. The molecule has 3 heterocycles. The van der Waals surface area contributed by atoms with Gasteiger partial charge in [0.25, 0.3) is 5.56 Å². The predicted molar refractivity (Wildman–Crippen MR) is 111 cm³/mol. The lowest BCUT2D eigenvalue weighted by atomic mass is 9.92. The molecule has 158 valence electrons. The summed E-state index contributed by atoms with van der Waals surface area (Å²) in [7, 11) is 1.46. The molecule has 0 spiro atoms. The molecule has 0 bridgehead atoms. The zero-order chi connectivity index (χ0) is 21.3. The number of halogens is 1. The van der Waals surface area contributed by atoms with Crippen molar-refractivity contribution in [1.29, 1.82) is 0 Å². The standard InChI is InChI=1S/C19H20ClN5O5/c1-29-13-3-2-10(20)8-12(13)21-17(27)11-9-14(26)22-16-15(11)18(28)24-19(23-16)25-4-6-30-7-5-25/h2-3,8,11H,4-7,9H2,1H3,(H,21,27)(H2,22,23,24,26,28)/t11-/m0/s1. The molecule has 2 aromatic rings. The first kappa shape index (κ1) is 20.2. The number of H-pyrrole nitrogens is 1. The molecule has 1 saturated heterocycles. The minimum atomic E-state index is -1.01.